The first-order valence-corrected chi connectivity index (χ1v) is 5.09. The molecular weight excluding hydrogens is 216 g/mol. The fourth-order valence-electron chi connectivity index (χ4n) is 1.89. The number of aliphatic hydroxyl groups excluding tert-OH is 2. The predicted molar refractivity (Wildman–Crippen MR) is 53.6 cm³/mol. The lowest BCUT2D eigenvalue weighted by Crippen LogP contribution is -2.22. The maximum absolute atomic E-state index is 13.3. The van der Waals surface area contributed by atoms with Crippen LogP contribution in [0.1, 0.15) is 5.56 Å². The minimum absolute atomic E-state index is 0.192. The van der Waals surface area contributed by atoms with Crippen molar-refractivity contribution in [1.82, 2.24) is 4.90 Å². The summed E-state index contributed by atoms with van der Waals surface area (Å²) < 4.78 is 26.2. The van der Waals surface area contributed by atoms with Crippen molar-refractivity contribution in [3.63, 3.8) is 0 Å². The zero-order valence-electron chi connectivity index (χ0n) is 8.61. The summed E-state index contributed by atoms with van der Waals surface area (Å²) in [5.41, 5.74) is 0.237. The molecule has 1 heterocycles. The Kier molecular flexibility index (Phi) is 3.18. The molecule has 0 radical (unpaired) electrons. The quantitative estimate of drug-likeness (QED) is 0.776. The molecule has 0 spiro atoms. The third-order valence-corrected chi connectivity index (χ3v) is 2.76. The van der Waals surface area contributed by atoms with Gasteiger partial charge in [-0.3, -0.25) is 4.90 Å². The zero-order chi connectivity index (χ0) is 11.7. The van der Waals surface area contributed by atoms with Crippen molar-refractivity contribution in [2.24, 2.45) is 0 Å². The van der Waals surface area contributed by atoms with E-state index in [4.69, 9.17) is 0 Å². The van der Waals surface area contributed by atoms with Gasteiger partial charge in [0.1, 0.15) is 0 Å². The smallest absolute Gasteiger partial charge is 0.163 e. The number of hydrogen-bond acceptors (Lipinski definition) is 3. The van der Waals surface area contributed by atoms with Crippen molar-refractivity contribution in [2.45, 2.75) is 18.8 Å². The maximum Gasteiger partial charge on any atom is 0.163 e. The van der Waals surface area contributed by atoms with Gasteiger partial charge in [-0.25, -0.2) is 8.78 Å². The molecular formula is C11H13F2NO2. The minimum Gasteiger partial charge on any atom is -0.389 e. The third kappa shape index (κ3) is 2.21. The van der Waals surface area contributed by atoms with Gasteiger partial charge in [0.05, 0.1) is 12.2 Å². The summed E-state index contributed by atoms with van der Waals surface area (Å²) in [6.45, 7) is 0.742. The third-order valence-electron chi connectivity index (χ3n) is 2.76. The summed E-state index contributed by atoms with van der Waals surface area (Å²) in [6, 6.07) is 4.00. The second-order valence-corrected chi connectivity index (χ2v) is 4.04. The number of nitrogens with zero attached hydrogens (tertiary/aromatic N) is 1. The van der Waals surface area contributed by atoms with Crippen LogP contribution in [0.4, 0.5) is 8.78 Å². The number of aliphatic hydroxyl groups is 2. The van der Waals surface area contributed by atoms with E-state index < -0.39 is 23.8 Å². The van der Waals surface area contributed by atoms with Crippen molar-refractivity contribution in [2.75, 3.05) is 13.1 Å². The van der Waals surface area contributed by atoms with Gasteiger partial charge >= 0.3 is 0 Å². The highest BCUT2D eigenvalue weighted by Gasteiger charge is 2.29. The van der Waals surface area contributed by atoms with Crippen molar-refractivity contribution >= 4 is 0 Å². The van der Waals surface area contributed by atoms with E-state index in [1.807, 2.05) is 0 Å². The van der Waals surface area contributed by atoms with Crippen LogP contribution in [-0.2, 0) is 6.54 Å². The van der Waals surface area contributed by atoms with E-state index in [2.05, 4.69) is 0 Å². The lowest BCUT2D eigenvalue weighted by Gasteiger charge is -2.15. The number of rotatable bonds is 2. The summed E-state index contributed by atoms with van der Waals surface area (Å²) in [7, 11) is 0. The lowest BCUT2D eigenvalue weighted by atomic mass is 10.2. The summed E-state index contributed by atoms with van der Waals surface area (Å²) in [6.07, 6.45) is -1.62. The summed E-state index contributed by atoms with van der Waals surface area (Å²) in [5, 5.41) is 18.6. The van der Waals surface area contributed by atoms with Gasteiger partial charge in [0.25, 0.3) is 0 Å². The number of likely N-dealkylation sites (tertiary alicyclic amines) is 1. The second kappa shape index (κ2) is 4.45. The van der Waals surface area contributed by atoms with Gasteiger partial charge in [0, 0.05) is 25.2 Å². The van der Waals surface area contributed by atoms with E-state index in [0.29, 0.717) is 0 Å². The molecule has 2 N–H and O–H groups in total. The van der Waals surface area contributed by atoms with Crippen molar-refractivity contribution in [3.8, 4) is 0 Å². The Hall–Kier alpha value is -1.04. The summed E-state index contributed by atoms with van der Waals surface area (Å²) in [5.74, 6) is -1.74. The van der Waals surface area contributed by atoms with Crippen LogP contribution in [0.3, 0.4) is 0 Å². The molecule has 1 aliphatic heterocycles. The van der Waals surface area contributed by atoms with Gasteiger partial charge in [-0.15, -0.1) is 0 Å². The van der Waals surface area contributed by atoms with Crippen LogP contribution in [0, 0.1) is 11.6 Å². The highest BCUT2D eigenvalue weighted by atomic mass is 19.2. The highest BCUT2D eigenvalue weighted by molar-refractivity contribution is 5.19. The van der Waals surface area contributed by atoms with E-state index in [1.54, 1.807) is 4.90 Å². The van der Waals surface area contributed by atoms with E-state index in [-0.39, 0.29) is 25.2 Å². The van der Waals surface area contributed by atoms with Gasteiger partial charge in [-0.1, -0.05) is 12.1 Å². The molecule has 2 rings (SSSR count). The average molecular weight is 229 g/mol. The SMILES string of the molecule is O[C@@H]1CN(Cc2cccc(F)c2F)C[C@@H]1O. The monoisotopic (exact) mass is 229 g/mol. The van der Waals surface area contributed by atoms with Gasteiger partial charge in [0.2, 0.25) is 0 Å². The molecule has 0 saturated carbocycles. The van der Waals surface area contributed by atoms with E-state index in [9.17, 15) is 19.0 Å². The average Bonchev–Trinajstić information content (AvgIpc) is 2.54. The minimum atomic E-state index is -0.877. The largest absolute Gasteiger partial charge is 0.389 e. The normalized spacial score (nSPS) is 26.2. The Morgan fingerprint density at radius 1 is 1.19 bits per heavy atom. The Bertz CT molecular complexity index is 376. The van der Waals surface area contributed by atoms with Crippen LogP contribution in [0.15, 0.2) is 18.2 Å². The van der Waals surface area contributed by atoms with Crippen molar-refractivity contribution < 1.29 is 19.0 Å². The molecule has 0 aromatic heterocycles. The topological polar surface area (TPSA) is 43.7 Å². The molecule has 1 aliphatic rings. The molecule has 0 amide bonds. The van der Waals surface area contributed by atoms with Crippen LogP contribution in [-0.4, -0.2) is 40.4 Å². The fourth-order valence-corrected chi connectivity index (χ4v) is 1.89. The zero-order valence-corrected chi connectivity index (χ0v) is 8.61. The van der Waals surface area contributed by atoms with Gasteiger partial charge in [-0.2, -0.15) is 0 Å². The Balaban J connectivity index is 2.08. The first kappa shape index (κ1) is 11.4. The Morgan fingerprint density at radius 3 is 2.44 bits per heavy atom. The van der Waals surface area contributed by atoms with Gasteiger partial charge in [0.15, 0.2) is 11.6 Å². The maximum atomic E-state index is 13.3. The van der Waals surface area contributed by atoms with Crippen LogP contribution in [0.25, 0.3) is 0 Å². The van der Waals surface area contributed by atoms with E-state index >= 15 is 0 Å². The van der Waals surface area contributed by atoms with E-state index in [1.165, 1.54) is 12.1 Å². The lowest BCUT2D eigenvalue weighted by molar-refractivity contribution is 0.0572. The van der Waals surface area contributed by atoms with Crippen LogP contribution in [0.2, 0.25) is 0 Å². The van der Waals surface area contributed by atoms with Crippen molar-refractivity contribution in [3.05, 3.63) is 35.4 Å². The fraction of sp³-hybridized carbons (Fsp3) is 0.455. The predicted octanol–water partition coefficient (Wildman–Crippen LogP) is 0.502. The molecule has 1 fully saturated rings. The molecule has 88 valence electrons. The second-order valence-electron chi connectivity index (χ2n) is 4.04. The number of benzene rings is 1. The molecule has 0 aliphatic carbocycles. The van der Waals surface area contributed by atoms with Crippen LogP contribution < -0.4 is 0 Å². The molecule has 1 aromatic carbocycles. The van der Waals surface area contributed by atoms with Crippen molar-refractivity contribution in [1.29, 1.82) is 0 Å². The molecule has 1 aromatic rings. The molecule has 0 unspecified atom stereocenters. The van der Waals surface area contributed by atoms with Gasteiger partial charge in [-0.05, 0) is 6.07 Å². The Labute approximate surface area is 91.9 Å². The number of β-amino-alcohol motifs (C(OH)–C–C–N with tert-alkyl or cyclic N) is 2. The first-order chi connectivity index (χ1) is 7.58. The van der Waals surface area contributed by atoms with Gasteiger partial charge < -0.3 is 10.2 Å². The Morgan fingerprint density at radius 2 is 1.81 bits per heavy atom. The van der Waals surface area contributed by atoms with E-state index in [0.717, 1.165) is 6.07 Å². The summed E-state index contributed by atoms with van der Waals surface area (Å²) >= 11 is 0. The van der Waals surface area contributed by atoms with Crippen LogP contribution >= 0.6 is 0 Å². The molecule has 2 atom stereocenters. The number of hydrogen-bond donors (Lipinski definition) is 2. The molecule has 5 heteroatoms. The highest BCUT2D eigenvalue weighted by Crippen LogP contribution is 2.17. The van der Waals surface area contributed by atoms with Crippen LogP contribution in [0.5, 0.6) is 0 Å². The summed E-state index contributed by atoms with van der Waals surface area (Å²) in [4.78, 5) is 1.69. The molecule has 0 bridgehead atoms. The molecule has 1 saturated heterocycles. The first-order valence-electron chi connectivity index (χ1n) is 5.09. The standard InChI is InChI=1S/C11H13F2NO2/c12-8-3-1-2-7(11(8)13)4-14-5-9(15)10(16)6-14/h1-3,9-10,15-16H,4-6H2/t9-,10+. The number of halogens is 2. The molecule has 16 heavy (non-hydrogen) atoms. The molecule has 3 nitrogen and oxygen atoms in total.